The zero-order chi connectivity index (χ0) is 12.7. The largest absolute Gasteiger partial charge is 0.204 e. The Kier molecular flexibility index (Phi) is 6.65. The molecule has 96 valence electrons. The average Bonchev–Trinajstić information content (AvgIpc) is 2.34. The minimum atomic E-state index is -0.711. The zero-order valence-electron chi connectivity index (χ0n) is 10.7. The molecule has 0 aliphatic rings. The molecule has 1 aromatic carbocycles. The summed E-state index contributed by atoms with van der Waals surface area (Å²) >= 11 is 0. The lowest BCUT2D eigenvalue weighted by Gasteiger charge is -2.16. The van der Waals surface area contributed by atoms with Crippen molar-refractivity contribution in [3.8, 4) is 0 Å². The molecule has 1 rings (SSSR count). The van der Waals surface area contributed by atoms with Crippen molar-refractivity contribution in [1.82, 2.24) is 0 Å². The van der Waals surface area contributed by atoms with Crippen molar-refractivity contribution in [3.05, 3.63) is 29.8 Å². The maximum Gasteiger partial charge on any atom is 0.166 e. The van der Waals surface area contributed by atoms with Gasteiger partial charge in [0.05, 0.1) is 0 Å². The molecule has 1 atom stereocenters. The van der Waals surface area contributed by atoms with Crippen LogP contribution < -0.4 is 5.30 Å². The van der Waals surface area contributed by atoms with Crippen molar-refractivity contribution in [2.45, 2.75) is 39.5 Å². The number of rotatable bonds is 7. The van der Waals surface area contributed by atoms with E-state index in [-0.39, 0.29) is 0 Å². The standard InChI is InChI=1S/C14H21F2P/c1-3-5-6-7-11-17(4-2)13-10-8-9-12(15)14(13)16/h8-10H,3-7,11H2,1-2H3. The molecular formula is C14H21F2P. The van der Waals surface area contributed by atoms with Gasteiger partial charge in [-0.1, -0.05) is 53.2 Å². The van der Waals surface area contributed by atoms with Gasteiger partial charge in [0, 0.05) is 5.30 Å². The predicted molar refractivity (Wildman–Crippen MR) is 72.5 cm³/mol. The van der Waals surface area contributed by atoms with Gasteiger partial charge in [-0.3, -0.25) is 0 Å². The lowest BCUT2D eigenvalue weighted by molar-refractivity contribution is 0.514. The van der Waals surface area contributed by atoms with E-state index in [9.17, 15) is 8.78 Å². The summed E-state index contributed by atoms with van der Waals surface area (Å²) in [6, 6.07) is 4.55. The monoisotopic (exact) mass is 258 g/mol. The topological polar surface area (TPSA) is 0 Å². The van der Waals surface area contributed by atoms with Crippen LogP contribution in [0.15, 0.2) is 18.2 Å². The molecule has 3 heteroatoms. The Morgan fingerprint density at radius 3 is 2.47 bits per heavy atom. The average molecular weight is 258 g/mol. The molecular weight excluding hydrogens is 237 g/mol. The van der Waals surface area contributed by atoms with Gasteiger partial charge in [0.1, 0.15) is 0 Å². The molecule has 0 saturated carbocycles. The lowest BCUT2D eigenvalue weighted by Crippen LogP contribution is -2.12. The highest BCUT2D eigenvalue weighted by atomic mass is 31.1. The molecule has 0 aliphatic carbocycles. The summed E-state index contributed by atoms with van der Waals surface area (Å²) in [5.41, 5.74) is 0. The summed E-state index contributed by atoms with van der Waals surface area (Å²) in [4.78, 5) is 0. The zero-order valence-corrected chi connectivity index (χ0v) is 11.6. The molecule has 0 heterocycles. The van der Waals surface area contributed by atoms with Crippen LogP contribution in [0.3, 0.4) is 0 Å². The maximum atomic E-state index is 13.7. The molecule has 0 aliphatic heterocycles. The van der Waals surface area contributed by atoms with Crippen LogP contribution in [0.4, 0.5) is 8.78 Å². The Balaban J connectivity index is 2.63. The van der Waals surface area contributed by atoms with Crippen molar-refractivity contribution in [2.75, 3.05) is 12.3 Å². The van der Waals surface area contributed by atoms with Crippen molar-refractivity contribution < 1.29 is 8.78 Å². The fraction of sp³-hybridized carbons (Fsp3) is 0.571. The SMILES string of the molecule is CCCCCCP(CC)c1cccc(F)c1F. The van der Waals surface area contributed by atoms with Gasteiger partial charge in [-0.05, 0) is 24.8 Å². The molecule has 0 N–H and O–H groups in total. The normalized spacial score (nSPS) is 12.7. The molecule has 0 saturated heterocycles. The van der Waals surface area contributed by atoms with E-state index in [4.69, 9.17) is 0 Å². The highest BCUT2D eigenvalue weighted by molar-refractivity contribution is 7.65. The number of halogens is 2. The van der Waals surface area contributed by atoms with Crippen LogP contribution in [0.25, 0.3) is 0 Å². The van der Waals surface area contributed by atoms with Gasteiger partial charge in [-0.2, -0.15) is 0 Å². The highest BCUT2D eigenvalue weighted by Gasteiger charge is 2.15. The van der Waals surface area contributed by atoms with E-state index in [2.05, 4.69) is 13.8 Å². The van der Waals surface area contributed by atoms with Gasteiger partial charge in [0.2, 0.25) is 0 Å². The Morgan fingerprint density at radius 2 is 1.82 bits per heavy atom. The van der Waals surface area contributed by atoms with Gasteiger partial charge in [0.25, 0.3) is 0 Å². The van der Waals surface area contributed by atoms with E-state index in [0.717, 1.165) is 18.7 Å². The smallest absolute Gasteiger partial charge is 0.166 e. The second-order valence-electron chi connectivity index (χ2n) is 4.21. The third kappa shape index (κ3) is 4.35. The van der Waals surface area contributed by atoms with Gasteiger partial charge in [-0.15, -0.1) is 0 Å². The molecule has 0 fully saturated rings. The van der Waals surface area contributed by atoms with Crippen LogP contribution in [-0.4, -0.2) is 12.3 Å². The van der Waals surface area contributed by atoms with Crippen molar-refractivity contribution in [2.24, 2.45) is 0 Å². The Hall–Kier alpha value is -0.490. The van der Waals surface area contributed by atoms with Crippen LogP contribution >= 0.6 is 7.92 Å². The quantitative estimate of drug-likeness (QED) is 0.492. The van der Waals surface area contributed by atoms with Crippen LogP contribution in [0.1, 0.15) is 39.5 Å². The van der Waals surface area contributed by atoms with Gasteiger partial charge < -0.3 is 0 Å². The summed E-state index contributed by atoms with van der Waals surface area (Å²) < 4.78 is 26.8. The molecule has 1 aromatic rings. The van der Waals surface area contributed by atoms with Crippen molar-refractivity contribution >= 4 is 13.2 Å². The van der Waals surface area contributed by atoms with Crippen molar-refractivity contribution in [1.29, 1.82) is 0 Å². The molecule has 1 unspecified atom stereocenters. The minimum Gasteiger partial charge on any atom is -0.204 e. The van der Waals surface area contributed by atoms with E-state index in [1.54, 1.807) is 12.1 Å². The van der Waals surface area contributed by atoms with Gasteiger partial charge in [0.15, 0.2) is 11.6 Å². The summed E-state index contributed by atoms with van der Waals surface area (Å²) in [5.74, 6) is -1.34. The van der Waals surface area contributed by atoms with E-state index in [0.29, 0.717) is 5.30 Å². The minimum absolute atomic E-state index is 0.522. The molecule has 0 aromatic heterocycles. The van der Waals surface area contributed by atoms with Crippen LogP contribution in [0.2, 0.25) is 0 Å². The summed E-state index contributed by atoms with van der Waals surface area (Å²) in [5, 5.41) is 0.610. The Bertz CT molecular complexity index is 339. The van der Waals surface area contributed by atoms with Crippen LogP contribution in [0.5, 0.6) is 0 Å². The van der Waals surface area contributed by atoms with E-state index >= 15 is 0 Å². The highest BCUT2D eigenvalue weighted by Crippen LogP contribution is 2.36. The first-order valence-corrected chi connectivity index (χ1v) is 8.10. The fourth-order valence-corrected chi connectivity index (χ4v) is 4.10. The first-order chi connectivity index (χ1) is 8.20. The van der Waals surface area contributed by atoms with Gasteiger partial charge in [-0.25, -0.2) is 8.78 Å². The van der Waals surface area contributed by atoms with Crippen LogP contribution in [-0.2, 0) is 0 Å². The third-order valence-electron chi connectivity index (χ3n) is 2.94. The second kappa shape index (κ2) is 7.76. The maximum absolute atomic E-state index is 13.7. The molecule has 0 amide bonds. The second-order valence-corrected chi connectivity index (χ2v) is 6.85. The predicted octanol–water partition coefficient (Wildman–Crippen LogP) is 4.67. The summed E-state index contributed by atoms with van der Waals surface area (Å²) in [6.45, 7) is 4.24. The molecule has 0 radical (unpaired) electrons. The molecule has 0 bridgehead atoms. The fourth-order valence-electron chi connectivity index (χ4n) is 1.91. The lowest BCUT2D eigenvalue weighted by atomic mass is 10.2. The van der Waals surface area contributed by atoms with Gasteiger partial charge >= 0.3 is 0 Å². The number of hydrogen-bond acceptors (Lipinski definition) is 0. The summed E-state index contributed by atoms with van der Waals surface area (Å²) in [6.07, 6.45) is 6.72. The van der Waals surface area contributed by atoms with E-state index < -0.39 is 19.6 Å². The van der Waals surface area contributed by atoms with Crippen LogP contribution in [0, 0.1) is 11.6 Å². The number of benzene rings is 1. The van der Waals surface area contributed by atoms with Crippen molar-refractivity contribution in [3.63, 3.8) is 0 Å². The third-order valence-corrected chi connectivity index (χ3v) is 5.58. The Labute approximate surface area is 104 Å². The number of hydrogen-bond donors (Lipinski definition) is 0. The first kappa shape index (κ1) is 14.6. The molecule has 17 heavy (non-hydrogen) atoms. The molecule has 0 spiro atoms. The number of unbranched alkanes of at least 4 members (excludes halogenated alkanes) is 3. The summed E-state index contributed by atoms with van der Waals surface area (Å²) in [7, 11) is -0.522. The first-order valence-electron chi connectivity index (χ1n) is 6.39. The molecule has 0 nitrogen and oxygen atoms in total. The van der Waals surface area contributed by atoms with E-state index in [1.807, 2.05) is 0 Å². The Morgan fingerprint density at radius 1 is 1.06 bits per heavy atom. The van der Waals surface area contributed by atoms with E-state index in [1.165, 1.54) is 25.3 Å².